The fourth-order valence-corrected chi connectivity index (χ4v) is 4.59. The number of methoxy groups -OCH3 is 1. The van der Waals surface area contributed by atoms with Gasteiger partial charge in [0.2, 0.25) is 5.84 Å². The quantitative estimate of drug-likeness (QED) is 0.503. The van der Waals surface area contributed by atoms with Crippen LogP contribution in [0, 0.1) is 6.92 Å². The third-order valence-electron chi connectivity index (χ3n) is 6.10. The molecule has 0 bridgehead atoms. The normalized spacial score (nSPS) is 16.3. The maximum absolute atomic E-state index is 13.2. The van der Waals surface area contributed by atoms with E-state index in [1.54, 1.807) is 7.11 Å². The first-order valence-corrected chi connectivity index (χ1v) is 10.7. The molecule has 0 fully saturated rings. The molecule has 0 saturated heterocycles. The highest BCUT2D eigenvalue weighted by molar-refractivity contribution is 6.50. The van der Waals surface area contributed by atoms with E-state index in [1.165, 1.54) is 0 Å². The van der Waals surface area contributed by atoms with Crippen molar-refractivity contribution in [1.82, 2.24) is 9.78 Å². The molecule has 2 aliphatic heterocycles. The molecule has 0 unspecified atom stereocenters. The molecule has 0 radical (unpaired) electrons. The third kappa shape index (κ3) is 2.93. The summed E-state index contributed by atoms with van der Waals surface area (Å²) < 4.78 is 7.19. The molecule has 4 aromatic rings. The van der Waals surface area contributed by atoms with E-state index in [4.69, 9.17) is 14.8 Å². The van der Waals surface area contributed by atoms with Gasteiger partial charge in [0.05, 0.1) is 35.9 Å². The molecule has 1 amide bonds. The van der Waals surface area contributed by atoms with Gasteiger partial charge in [-0.1, -0.05) is 42.5 Å². The van der Waals surface area contributed by atoms with E-state index < -0.39 is 0 Å². The Morgan fingerprint density at radius 2 is 1.67 bits per heavy atom. The van der Waals surface area contributed by atoms with Gasteiger partial charge in [0.1, 0.15) is 5.75 Å². The van der Waals surface area contributed by atoms with Crippen molar-refractivity contribution in [3.63, 3.8) is 0 Å². The van der Waals surface area contributed by atoms with Gasteiger partial charge < -0.3 is 15.0 Å². The van der Waals surface area contributed by atoms with Crippen LogP contribution in [-0.4, -0.2) is 28.6 Å². The van der Waals surface area contributed by atoms with Crippen LogP contribution in [-0.2, 0) is 4.79 Å². The minimum atomic E-state index is -0.275. The lowest BCUT2D eigenvalue weighted by Crippen LogP contribution is -2.48. The van der Waals surface area contributed by atoms with E-state index in [0.29, 0.717) is 11.7 Å². The average Bonchev–Trinajstić information content (AvgIpc) is 3.20. The second-order valence-corrected chi connectivity index (χ2v) is 8.02. The SMILES string of the molecule is COc1ccc([C@@H]2c3c(C)nn(-c4ccccc4)c3N=C3C(=O)Nc4ccccc4N32)cc1. The molecule has 3 aromatic carbocycles. The van der Waals surface area contributed by atoms with Gasteiger partial charge in [-0.3, -0.25) is 4.79 Å². The predicted molar refractivity (Wildman–Crippen MR) is 128 cm³/mol. The van der Waals surface area contributed by atoms with Crippen LogP contribution in [0.25, 0.3) is 5.69 Å². The highest BCUT2D eigenvalue weighted by Crippen LogP contribution is 2.47. The zero-order valence-electron chi connectivity index (χ0n) is 18.2. The molecule has 1 N–H and O–H groups in total. The van der Waals surface area contributed by atoms with Crippen LogP contribution < -0.4 is 15.0 Å². The number of hydrogen-bond acceptors (Lipinski definition) is 5. The summed E-state index contributed by atoms with van der Waals surface area (Å²) in [6.45, 7) is 1.99. The summed E-state index contributed by atoms with van der Waals surface area (Å²) in [6.07, 6.45) is 0. The number of benzene rings is 3. The van der Waals surface area contributed by atoms with E-state index in [-0.39, 0.29) is 11.9 Å². The van der Waals surface area contributed by atoms with Crippen LogP contribution in [0.1, 0.15) is 22.9 Å². The van der Waals surface area contributed by atoms with Gasteiger partial charge in [0, 0.05) is 5.56 Å². The van der Waals surface area contributed by atoms with Crippen LogP contribution in [0.2, 0.25) is 0 Å². The summed E-state index contributed by atoms with van der Waals surface area (Å²) in [5, 5.41) is 7.82. The van der Waals surface area contributed by atoms with E-state index in [9.17, 15) is 4.79 Å². The van der Waals surface area contributed by atoms with Crippen molar-refractivity contribution in [2.45, 2.75) is 13.0 Å². The summed E-state index contributed by atoms with van der Waals surface area (Å²) in [5.41, 5.74) is 5.40. The zero-order valence-corrected chi connectivity index (χ0v) is 18.2. The number of fused-ring (bicyclic) bond motifs is 4. The lowest BCUT2D eigenvalue weighted by Gasteiger charge is -2.40. The maximum Gasteiger partial charge on any atom is 0.291 e. The Balaban J connectivity index is 1.64. The number of aryl methyl sites for hydroxylation is 1. The second kappa shape index (κ2) is 7.34. The van der Waals surface area contributed by atoms with Crippen molar-refractivity contribution >= 4 is 28.9 Å². The fourth-order valence-electron chi connectivity index (χ4n) is 4.59. The topological polar surface area (TPSA) is 71.7 Å². The third-order valence-corrected chi connectivity index (χ3v) is 6.10. The molecule has 0 spiro atoms. The van der Waals surface area contributed by atoms with Gasteiger partial charge >= 0.3 is 0 Å². The Bertz CT molecular complexity index is 1410. The number of carbonyl (C=O) groups is 1. The highest BCUT2D eigenvalue weighted by atomic mass is 16.5. The van der Waals surface area contributed by atoms with Crippen LogP contribution in [0.15, 0.2) is 83.9 Å². The van der Waals surface area contributed by atoms with E-state index in [1.807, 2.05) is 95.4 Å². The second-order valence-electron chi connectivity index (χ2n) is 8.02. The van der Waals surface area contributed by atoms with Crippen LogP contribution in [0.3, 0.4) is 0 Å². The van der Waals surface area contributed by atoms with Crippen molar-refractivity contribution in [2.24, 2.45) is 4.99 Å². The molecule has 7 heteroatoms. The van der Waals surface area contributed by atoms with E-state index in [0.717, 1.165) is 39.6 Å². The number of amidine groups is 1. The molecule has 0 saturated carbocycles. The standard InChI is InChI=1S/C26H21N5O2/c1-16-22-23(17-12-14-19(33-2)15-13-17)30-21-11-7-6-10-20(21)27-26(32)25(30)28-24(22)31(29-16)18-8-4-3-5-9-18/h3-15,23H,1-2H3,(H,27,32)/t23-/m1/s1. The monoisotopic (exact) mass is 435 g/mol. The van der Waals surface area contributed by atoms with Gasteiger partial charge in [0.25, 0.3) is 5.91 Å². The molecule has 6 rings (SSSR count). The molecule has 1 atom stereocenters. The number of nitrogens with zero attached hydrogens (tertiary/aromatic N) is 4. The molecule has 0 aliphatic carbocycles. The van der Waals surface area contributed by atoms with Gasteiger partial charge in [-0.25, -0.2) is 9.67 Å². The summed E-state index contributed by atoms with van der Waals surface area (Å²) in [4.78, 5) is 20.1. The molecule has 162 valence electrons. The number of para-hydroxylation sites is 3. The number of anilines is 2. The van der Waals surface area contributed by atoms with Crippen molar-refractivity contribution in [1.29, 1.82) is 0 Å². The number of aromatic nitrogens is 2. The first-order valence-electron chi connectivity index (χ1n) is 10.7. The highest BCUT2D eigenvalue weighted by Gasteiger charge is 2.42. The number of hydrogen-bond donors (Lipinski definition) is 1. The number of nitrogens with one attached hydrogen (secondary N) is 1. The van der Waals surface area contributed by atoms with Gasteiger partial charge in [-0.15, -0.1) is 0 Å². The first-order chi connectivity index (χ1) is 16.2. The van der Waals surface area contributed by atoms with Crippen LogP contribution in [0.4, 0.5) is 17.2 Å². The summed E-state index contributed by atoms with van der Waals surface area (Å²) in [6, 6.07) is 25.3. The average molecular weight is 435 g/mol. The Morgan fingerprint density at radius 3 is 2.42 bits per heavy atom. The minimum Gasteiger partial charge on any atom is -0.497 e. The van der Waals surface area contributed by atoms with Gasteiger partial charge in [-0.05, 0) is 48.9 Å². The Hall–Kier alpha value is -4.39. The Labute approximate surface area is 191 Å². The minimum absolute atomic E-state index is 0.240. The number of ether oxygens (including phenoxy) is 1. The molecular weight excluding hydrogens is 414 g/mol. The van der Waals surface area contributed by atoms with Crippen molar-refractivity contribution < 1.29 is 9.53 Å². The zero-order chi connectivity index (χ0) is 22.5. The van der Waals surface area contributed by atoms with Crippen LogP contribution in [0.5, 0.6) is 5.75 Å². The Morgan fingerprint density at radius 1 is 0.939 bits per heavy atom. The summed E-state index contributed by atoms with van der Waals surface area (Å²) >= 11 is 0. The van der Waals surface area contributed by atoms with Crippen molar-refractivity contribution in [2.75, 3.05) is 17.3 Å². The molecular formula is C26H21N5O2. The first kappa shape index (κ1) is 19.3. The molecule has 7 nitrogen and oxygen atoms in total. The maximum atomic E-state index is 13.2. The lowest BCUT2D eigenvalue weighted by atomic mass is 9.93. The molecule has 3 heterocycles. The smallest absolute Gasteiger partial charge is 0.291 e. The van der Waals surface area contributed by atoms with Crippen molar-refractivity contribution in [3.8, 4) is 11.4 Å². The summed E-state index contributed by atoms with van der Waals surface area (Å²) in [5.74, 6) is 1.55. The summed E-state index contributed by atoms with van der Waals surface area (Å²) in [7, 11) is 1.65. The largest absolute Gasteiger partial charge is 0.497 e. The van der Waals surface area contributed by atoms with E-state index >= 15 is 0 Å². The molecule has 2 aliphatic rings. The number of amides is 1. The fraction of sp³-hybridized carbons (Fsp3) is 0.115. The van der Waals surface area contributed by atoms with Gasteiger partial charge in [-0.2, -0.15) is 5.10 Å². The van der Waals surface area contributed by atoms with Gasteiger partial charge in [0.15, 0.2) is 5.82 Å². The van der Waals surface area contributed by atoms with Crippen molar-refractivity contribution in [3.05, 3.63) is 95.7 Å². The molecule has 1 aromatic heterocycles. The number of aliphatic imine (C=N–C) groups is 1. The molecule has 33 heavy (non-hydrogen) atoms. The predicted octanol–water partition coefficient (Wildman–Crippen LogP) is 4.78. The lowest BCUT2D eigenvalue weighted by molar-refractivity contribution is -0.110. The number of carbonyl (C=O) groups excluding carboxylic acids is 1. The Kier molecular flexibility index (Phi) is 4.29. The van der Waals surface area contributed by atoms with E-state index in [2.05, 4.69) is 5.32 Å². The number of rotatable bonds is 3. The van der Waals surface area contributed by atoms with Crippen LogP contribution >= 0.6 is 0 Å².